The Morgan fingerprint density at radius 3 is 2.42 bits per heavy atom. The highest BCUT2D eigenvalue weighted by Gasteiger charge is 2.27. The SMILES string of the molecule is CCOC(=O)c1sc(NC(=O)CSCC(=O)N=c2sc3cc(C)ccc3n2C)c(C(=O)OCC)c1C. The summed E-state index contributed by atoms with van der Waals surface area (Å²) in [6.07, 6.45) is 0. The maximum absolute atomic E-state index is 12.6. The largest absolute Gasteiger partial charge is 0.462 e. The van der Waals surface area contributed by atoms with Gasteiger partial charge in [-0.1, -0.05) is 17.4 Å². The summed E-state index contributed by atoms with van der Waals surface area (Å²) >= 11 is 3.50. The zero-order valence-corrected chi connectivity index (χ0v) is 23.1. The number of nitrogens with zero attached hydrogens (tertiary/aromatic N) is 2. The lowest BCUT2D eigenvalue weighted by Crippen LogP contribution is -2.18. The number of aromatic nitrogens is 1. The molecule has 9 nitrogen and oxygen atoms in total. The average Bonchev–Trinajstić information content (AvgIpc) is 3.29. The molecule has 0 saturated heterocycles. The topological polar surface area (TPSA) is 116 Å². The number of amides is 2. The molecule has 2 amide bonds. The van der Waals surface area contributed by atoms with Gasteiger partial charge in [0.15, 0.2) is 4.80 Å². The van der Waals surface area contributed by atoms with Crippen LogP contribution in [0.25, 0.3) is 10.2 Å². The highest BCUT2D eigenvalue weighted by atomic mass is 32.2. The number of carbonyl (C=O) groups excluding carboxylic acids is 4. The average molecular weight is 550 g/mol. The van der Waals surface area contributed by atoms with Gasteiger partial charge in [-0.3, -0.25) is 9.59 Å². The minimum Gasteiger partial charge on any atom is -0.462 e. The van der Waals surface area contributed by atoms with Gasteiger partial charge in [0.2, 0.25) is 5.91 Å². The smallest absolute Gasteiger partial charge is 0.348 e. The molecule has 0 aliphatic rings. The molecule has 0 spiro atoms. The maximum atomic E-state index is 12.6. The van der Waals surface area contributed by atoms with Crippen molar-refractivity contribution in [2.45, 2.75) is 27.7 Å². The number of hydrogen-bond donors (Lipinski definition) is 1. The number of thiophene rings is 1. The van der Waals surface area contributed by atoms with Crippen LogP contribution in [0.3, 0.4) is 0 Å². The predicted molar refractivity (Wildman–Crippen MR) is 143 cm³/mol. The second-order valence-electron chi connectivity index (χ2n) is 7.66. The lowest BCUT2D eigenvalue weighted by molar-refractivity contribution is -0.115. The Bertz CT molecular complexity index is 1390. The lowest BCUT2D eigenvalue weighted by atomic mass is 10.1. The molecule has 0 bridgehead atoms. The van der Waals surface area contributed by atoms with E-state index >= 15 is 0 Å². The molecule has 0 radical (unpaired) electrons. The van der Waals surface area contributed by atoms with Gasteiger partial charge in [0.25, 0.3) is 5.91 Å². The number of esters is 2. The number of aryl methyl sites for hydroxylation is 2. The summed E-state index contributed by atoms with van der Waals surface area (Å²) in [5.41, 5.74) is 2.64. The second kappa shape index (κ2) is 12.3. The van der Waals surface area contributed by atoms with E-state index in [4.69, 9.17) is 9.47 Å². The van der Waals surface area contributed by atoms with E-state index in [-0.39, 0.29) is 46.1 Å². The fraction of sp³-hybridized carbons (Fsp3) is 0.375. The fourth-order valence-electron chi connectivity index (χ4n) is 3.32. The van der Waals surface area contributed by atoms with Crippen LogP contribution in [-0.4, -0.2) is 53.0 Å². The first-order valence-electron chi connectivity index (χ1n) is 11.1. The molecule has 36 heavy (non-hydrogen) atoms. The molecular weight excluding hydrogens is 522 g/mol. The van der Waals surface area contributed by atoms with Gasteiger partial charge in [-0.2, -0.15) is 4.99 Å². The van der Waals surface area contributed by atoms with E-state index in [0.717, 1.165) is 38.9 Å². The molecule has 12 heteroatoms. The number of thioether (sulfide) groups is 1. The molecule has 192 valence electrons. The third kappa shape index (κ3) is 6.42. The number of hydrogen-bond acceptors (Lipinski definition) is 9. The van der Waals surface area contributed by atoms with Gasteiger partial charge < -0.3 is 19.4 Å². The van der Waals surface area contributed by atoms with Crippen molar-refractivity contribution in [3.8, 4) is 0 Å². The third-order valence-electron chi connectivity index (χ3n) is 4.98. The van der Waals surface area contributed by atoms with Gasteiger partial charge in [0.1, 0.15) is 9.88 Å². The van der Waals surface area contributed by atoms with E-state index in [9.17, 15) is 19.2 Å². The molecule has 0 aliphatic carbocycles. The van der Waals surface area contributed by atoms with Crippen LogP contribution < -0.4 is 10.1 Å². The number of anilines is 1. The van der Waals surface area contributed by atoms with Crippen LogP contribution in [0.15, 0.2) is 23.2 Å². The van der Waals surface area contributed by atoms with Crippen molar-refractivity contribution >= 4 is 73.4 Å². The van der Waals surface area contributed by atoms with Gasteiger partial charge in [-0.05, 0) is 51.0 Å². The van der Waals surface area contributed by atoms with Crippen molar-refractivity contribution in [1.29, 1.82) is 0 Å². The molecule has 1 N–H and O–H groups in total. The van der Waals surface area contributed by atoms with Crippen molar-refractivity contribution in [2.75, 3.05) is 30.0 Å². The van der Waals surface area contributed by atoms with Crippen molar-refractivity contribution in [3.05, 3.63) is 44.6 Å². The number of thiazole rings is 1. The molecule has 0 fully saturated rings. The first-order valence-corrected chi connectivity index (χ1v) is 13.9. The van der Waals surface area contributed by atoms with Crippen LogP contribution in [0.4, 0.5) is 5.00 Å². The molecule has 0 atom stereocenters. The van der Waals surface area contributed by atoms with Crippen molar-refractivity contribution in [2.24, 2.45) is 12.0 Å². The summed E-state index contributed by atoms with van der Waals surface area (Å²) in [5.74, 6) is -1.99. The van der Waals surface area contributed by atoms with E-state index in [1.54, 1.807) is 20.8 Å². The summed E-state index contributed by atoms with van der Waals surface area (Å²) in [7, 11) is 1.86. The Balaban J connectivity index is 1.66. The first-order chi connectivity index (χ1) is 17.2. The molecule has 2 aromatic heterocycles. The Morgan fingerprint density at radius 2 is 1.72 bits per heavy atom. The van der Waals surface area contributed by atoms with Crippen molar-refractivity contribution in [1.82, 2.24) is 4.57 Å². The minimum atomic E-state index is -0.634. The van der Waals surface area contributed by atoms with Crippen molar-refractivity contribution < 1.29 is 28.7 Å². The Hall–Kier alpha value is -2.96. The summed E-state index contributed by atoms with van der Waals surface area (Å²) in [6, 6.07) is 6.05. The number of fused-ring (bicyclic) bond motifs is 1. The maximum Gasteiger partial charge on any atom is 0.348 e. The van der Waals surface area contributed by atoms with Gasteiger partial charge in [-0.25, -0.2) is 9.59 Å². The number of rotatable bonds is 9. The standard InChI is InChI=1S/C24H27N3O6S3/c1-6-32-22(30)19-14(4)20(23(31)33-7-2)36-21(19)25-17(28)11-34-12-18(29)26-24-27(5)15-9-8-13(3)10-16(15)35-24/h8-10H,6-7,11-12H2,1-5H3,(H,25,28). The van der Waals surface area contributed by atoms with Crippen LogP contribution in [0.2, 0.25) is 0 Å². The second-order valence-corrected chi connectivity index (χ2v) is 10.7. The zero-order chi connectivity index (χ0) is 26.4. The van der Waals surface area contributed by atoms with Crippen molar-refractivity contribution in [3.63, 3.8) is 0 Å². The van der Waals surface area contributed by atoms with E-state index in [0.29, 0.717) is 10.4 Å². The molecular formula is C24H27N3O6S3. The fourth-order valence-corrected chi connectivity index (χ4v) is 6.16. The molecule has 1 aromatic carbocycles. The third-order valence-corrected chi connectivity index (χ3v) is 8.18. The predicted octanol–water partition coefficient (Wildman–Crippen LogP) is 4.07. The summed E-state index contributed by atoms with van der Waals surface area (Å²) in [6.45, 7) is 7.30. The lowest BCUT2D eigenvalue weighted by Gasteiger charge is -2.06. The number of ether oxygens (including phenoxy) is 2. The monoisotopic (exact) mass is 549 g/mol. The van der Waals surface area contributed by atoms with E-state index in [2.05, 4.69) is 10.3 Å². The van der Waals surface area contributed by atoms with Crippen LogP contribution in [0, 0.1) is 13.8 Å². The van der Waals surface area contributed by atoms with Crippen LogP contribution in [0.1, 0.15) is 45.0 Å². The van der Waals surface area contributed by atoms with Crippen LogP contribution >= 0.6 is 34.4 Å². The van der Waals surface area contributed by atoms with Gasteiger partial charge in [0.05, 0.1) is 40.5 Å². The molecule has 2 heterocycles. The van der Waals surface area contributed by atoms with Gasteiger partial charge in [-0.15, -0.1) is 23.1 Å². The molecule has 3 aromatic rings. The summed E-state index contributed by atoms with van der Waals surface area (Å²) in [5, 5.41) is 2.88. The zero-order valence-electron chi connectivity index (χ0n) is 20.6. The quantitative estimate of drug-likeness (QED) is 0.400. The van der Waals surface area contributed by atoms with E-state index in [1.165, 1.54) is 11.3 Å². The number of carbonyl (C=O) groups is 4. The Labute approximate surface area is 220 Å². The summed E-state index contributed by atoms with van der Waals surface area (Å²) < 4.78 is 13.1. The van der Waals surface area contributed by atoms with E-state index in [1.807, 2.05) is 36.7 Å². The van der Waals surface area contributed by atoms with Gasteiger partial charge in [0, 0.05) is 7.05 Å². The molecule has 0 unspecified atom stereocenters. The first kappa shape index (κ1) is 27.6. The Morgan fingerprint density at radius 1 is 1.03 bits per heavy atom. The summed E-state index contributed by atoms with van der Waals surface area (Å²) in [4.78, 5) is 54.7. The Kier molecular flexibility index (Phi) is 9.46. The number of benzene rings is 1. The number of nitrogens with one attached hydrogen (secondary N) is 1. The minimum absolute atomic E-state index is 0.0168. The highest BCUT2D eigenvalue weighted by molar-refractivity contribution is 8.00. The normalized spacial score (nSPS) is 11.5. The molecule has 0 saturated carbocycles. The molecule has 0 aliphatic heterocycles. The van der Waals surface area contributed by atoms with Crippen LogP contribution in [-0.2, 0) is 26.1 Å². The molecule has 3 rings (SSSR count). The van der Waals surface area contributed by atoms with Gasteiger partial charge >= 0.3 is 11.9 Å². The van der Waals surface area contributed by atoms with Crippen LogP contribution in [0.5, 0.6) is 0 Å². The van der Waals surface area contributed by atoms with E-state index < -0.39 is 17.8 Å². The highest BCUT2D eigenvalue weighted by Crippen LogP contribution is 2.34.